The Hall–Kier alpha value is -0.280. The number of hydrogen-bond acceptors (Lipinski definition) is 3. The third-order valence-corrected chi connectivity index (χ3v) is 3.14. The van der Waals surface area contributed by atoms with E-state index in [1.54, 1.807) is 11.3 Å². The quantitative estimate of drug-likeness (QED) is 0.724. The van der Waals surface area contributed by atoms with Crippen molar-refractivity contribution in [3.05, 3.63) is 11.1 Å². The predicted molar refractivity (Wildman–Crippen MR) is 64.4 cm³/mol. The number of nitrogens with zero attached hydrogens (tertiary/aromatic N) is 2. The molecular formula is C10H17ClN2S. The van der Waals surface area contributed by atoms with Gasteiger partial charge in [-0.25, -0.2) is 4.98 Å². The second kappa shape index (κ2) is 5.56. The molecule has 1 heterocycles. The third-order valence-electron chi connectivity index (χ3n) is 1.91. The van der Waals surface area contributed by atoms with Crippen LogP contribution in [0.1, 0.15) is 26.5 Å². The second-order valence-electron chi connectivity index (χ2n) is 3.69. The van der Waals surface area contributed by atoms with Gasteiger partial charge in [0.25, 0.3) is 0 Å². The van der Waals surface area contributed by atoms with Crippen molar-refractivity contribution in [2.75, 3.05) is 18.0 Å². The van der Waals surface area contributed by atoms with Crippen LogP contribution >= 0.6 is 22.9 Å². The monoisotopic (exact) mass is 232 g/mol. The summed E-state index contributed by atoms with van der Waals surface area (Å²) in [7, 11) is 0. The molecule has 0 aromatic carbocycles. The molecule has 1 aromatic rings. The van der Waals surface area contributed by atoms with Crippen molar-refractivity contribution < 1.29 is 0 Å². The molecule has 1 aromatic heterocycles. The largest absolute Gasteiger partial charge is 0.348 e. The van der Waals surface area contributed by atoms with E-state index in [0.717, 1.165) is 23.9 Å². The zero-order chi connectivity index (χ0) is 10.6. The van der Waals surface area contributed by atoms with Crippen LogP contribution < -0.4 is 4.90 Å². The van der Waals surface area contributed by atoms with Crippen LogP contribution in [0, 0.1) is 5.92 Å². The highest BCUT2D eigenvalue weighted by Gasteiger charge is 2.10. The highest BCUT2D eigenvalue weighted by molar-refractivity contribution is 7.13. The molecule has 4 heteroatoms. The van der Waals surface area contributed by atoms with Crippen molar-refractivity contribution in [3.63, 3.8) is 0 Å². The van der Waals surface area contributed by atoms with Gasteiger partial charge in [0.15, 0.2) is 5.13 Å². The van der Waals surface area contributed by atoms with Crippen LogP contribution in [0.25, 0.3) is 0 Å². The van der Waals surface area contributed by atoms with Gasteiger partial charge in [-0.3, -0.25) is 0 Å². The van der Waals surface area contributed by atoms with E-state index >= 15 is 0 Å². The van der Waals surface area contributed by atoms with Gasteiger partial charge in [0.05, 0.1) is 11.6 Å². The fourth-order valence-corrected chi connectivity index (χ4v) is 2.41. The standard InChI is InChI=1S/C10H17ClN2S/c1-4-13(6-8(2)3)10-12-9(5-11)7-14-10/h7-8H,4-6H2,1-3H3. The fraction of sp³-hybridized carbons (Fsp3) is 0.700. The molecule has 0 saturated carbocycles. The van der Waals surface area contributed by atoms with E-state index in [2.05, 4.69) is 30.7 Å². The molecule has 0 saturated heterocycles. The summed E-state index contributed by atoms with van der Waals surface area (Å²) in [6, 6.07) is 0. The van der Waals surface area contributed by atoms with Crippen molar-refractivity contribution in [2.45, 2.75) is 26.7 Å². The Bertz CT molecular complexity index is 273. The van der Waals surface area contributed by atoms with E-state index in [1.807, 2.05) is 5.38 Å². The first-order valence-corrected chi connectivity index (χ1v) is 6.34. The topological polar surface area (TPSA) is 16.1 Å². The number of rotatable bonds is 5. The molecule has 2 nitrogen and oxygen atoms in total. The molecule has 0 aliphatic carbocycles. The molecule has 1 rings (SSSR count). The van der Waals surface area contributed by atoms with Crippen molar-refractivity contribution in [3.8, 4) is 0 Å². The molecular weight excluding hydrogens is 216 g/mol. The number of halogens is 1. The normalized spacial score (nSPS) is 10.9. The molecule has 0 atom stereocenters. The minimum Gasteiger partial charge on any atom is -0.348 e. The fourth-order valence-electron chi connectivity index (χ4n) is 1.29. The number of alkyl halides is 1. The number of thiazole rings is 1. The van der Waals surface area contributed by atoms with Crippen LogP contribution in [-0.2, 0) is 5.88 Å². The summed E-state index contributed by atoms with van der Waals surface area (Å²) in [6.07, 6.45) is 0. The molecule has 0 aliphatic rings. The molecule has 0 unspecified atom stereocenters. The van der Waals surface area contributed by atoms with Gasteiger partial charge in [0.2, 0.25) is 0 Å². The van der Waals surface area contributed by atoms with Crippen LogP contribution in [-0.4, -0.2) is 18.1 Å². The zero-order valence-corrected chi connectivity index (χ0v) is 10.5. The Morgan fingerprint density at radius 2 is 2.29 bits per heavy atom. The van der Waals surface area contributed by atoms with Crippen molar-refractivity contribution in [1.29, 1.82) is 0 Å². The number of hydrogen-bond donors (Lipinski definition) is 0. The lowest BCUT2D eigenvalue weighted by Gasteiger charge is -2.21. The summed E-state index contributed by atoms with van der Waals surface area (Å²) >= 11 is 7.40. The SMILES string of the molecule is CCN(CC(C)C)c1nc(CCl)cs1. The molecule has 0 spiro atoms. The van der Waals surface area contributed by atoms with E-state index in [-0.39, 0.29) is 0 Å². The molecule has 0 amide bonds. The van der Waals surface area contributed by atoms with Gasteiger partial charge < -0.3 is 4.90 Å². The first-order chi connectivity index (χ1) is 6.67. The summed E-state index contributed by atoms with van der Waals surface area (Å²) < 4.78 is 0. The van der Waals surface area contributed by atoms with Crippen molar-refractivity contribution in [2.24, 2.45) is 5.92 Å². The van der Waals surface area contributed by atoms with E-state index in [1.165, 1.54) is 0 Å². The lowest BCUT2D eigenvalue weighted by Crippen LogP contribution is -2.27. The molecule has 14 heavy (non-hydrogen) atoms. The molecule has 0 aliphatic heterocycles. The first-order valence-electron chi connectivity index (χ1n) is 4.92. The maximum atomic E-state index is 5.72. The van der Waals surface area contributed by atoms with Crippen molar-refractivity contribution in [1.82, 2.24) is 4.98 Å². The lowest BCUT2D eigenvalue weighted by molar-refractivity contribution is 0.617. The predicted octanol–water partition coefficient (Wildman–Crippen LogP) is 3.36. The van der Waals surface area contributed by atoms with Gasteiger partial charge in [-0.1, -0.05) is 13.8 Å². The number of aromatic nitrogens is 1. The number of anilines is 1. The molecule has 0 bridgehead atoms. The average molecular weight is 233 g/mol. The molecule has 0 fully saturated rings. The second-order valence-corrected chi connectivity index (χ2v) is 4.79. The summed E-state index contributed by atoms with van der Waals surface area (Å²) in [5.74, 6) is 1.17. The van der Waals surface area contributed by atoms with Crippen LogP contribution in [0.2, 0.25) is 0 Å². The van der Waals surface area contributed by atoms with Crippen LogP contribution in [0.5, 0.6) is 0 Å². The first kappa shape index (κ1) is 11.8. The van der Waals surface area contributed by atoms with Gasteiger partial charge >= 0.3 is 0 Å². The highest BCUT2D eigenvalue weighted by atomic mass is 35.5. The minimum absolute atomic E-state index is 0.510. The van der Waals surface area contributed by atoms with Gasteiger partial charge in [-0.05, 0) is 12.8 Å². The maximum absolute atomic E-state index is 5.72. The minimum atomic E-state index is 0.510. The van der Waals surface area contributed by atoms with Gasteiger partial charge in [-0.15, -0.1) is 22.9 Å². The van der Waals surface area contributed by atoms with E-state index in [9.17, 15) is 0 Å². The summed E-state index contributed by atoms with van der Waals surface area (Å²) in [6.45, 7) is 8.67. The Morgan fingerprint density at radius 1 is 1.57 bits per heavy atom. The molecule has 0 N–H and O–H groups in total. The van der Waals surface area contributed by atoms with Crippen molar-refractivity contribution >= 4 is 28.1 Å². The van der Waals surface area contributed by atoms with Gasteiger partial charge in [-0.2, -0.15) is 0 Å². The molecule has 80 valence electrons. The Balaban J connectivity index is 2.68. The summed E-state index contributed by atoms with van der Waals surface area (Å²) in [5, 5.41) is 3.13. The summed E-state index contributed by atoms with van der Waals surface area (Å²) in [4.78, 5) is 6.76. The molecule has 0 radical (unpaired) electrons. The zero-order valence-electron chi connectivity index (χ0n) is 8.96. The van der Waals surface area contributed by atoms with E-state index in [0.29, 0.717) is 11.8 Å². The summed E-state index contributed by atoms with van der Waals surface area (Å²) in [5.41, 5.74) is 0.980. The van der Waals surface area contributed by atoms with Crippen LogP contribution in [0.15, 0.2) is 5.38 Å². The highest BCUT2D eigenvalue weighted by Crippen LogP contribution is 2.22. The van der Waals surface area contributed by atoms with Gasteiger partial charge in [0.1, 0.15) is 0 Å². The Labute approximate surface area is 94.9 Å². The third kappa shape index (κ3) is 3.14. The lowest BCUT2D eigenvalue weighted by atomic mass is 10.2. The maximum Gasteiger partial charge on any atom is 0.185 e. The van der Waals surface area contributed by atoms with E-state index in [4.69, 9.17) is 11.6 Å². The van der Waals surface area contributed by atoms with Gasteiger partial charge in [0, 0.05) is 18.5 Å². The van der Waals surface area contributed by atoms with E-state index < -0.39 is 0 Å². The Kier molecular flexibility index (Phi) is 4.69. The van der Waals surface area contributed by atoms with Crippen LogP contribution in [0.4, 0.5) is 5.13 Å². The average Bonchev–Trinajstić information content (AvgIpc) is 2.62. The Morgan fingerprint density at radius 3 is 2.71 bits per heavy atom. The van der Waals surface area contributed by atoms with Crippen LogP contribution in [0.3, 0.4) is 0 Å². The smallest absolute Gasteiger partial charge is 0.185 e.